The van der Waals surface area contributed by atoms with Gasteiger partial charge in [-0.1, -0.05) is 35.5 Å². The predicted molar refractivity (Wildman–Crippen MR) is 54.4 cm³/mol. The molecule has 1 heterocycles. The molecule has 0 atom stereocenters. The van der Waals surface area contributed by atoms with E-state index in [1.54, 1.807) is 0 Å². The van der Waals surface area contributed by atoms with Gasteiger partial charge in [0.15, 0.2) is 0 Å². The molecule has 5 heteroatoms. The molecule has 0 saturated carbocycles. The van der Waals surface area contributed by atoms with Crippen molar-refractivity contribution in [2.75, 3.05) is 0 Å². The van der Waals surface area contributed by atoms with Gasteiger partial charge in [0, 0.05) is 5.56 Å². The number of hydrogen-bond acceptors (Lipinski definition) is 5. The van der Waals surface area contributed by atoms with E-state index in [0.717, 1.165) is 5.56 Å². The van der Waals surface area contributed by atoms with Crippen LogP contribution in [0.15, 0.2) is 39.8 Å². The van der Waals surface area contributed by atoms with E-state index < -0.39 is 0 Å². The zero-order valence-corrected chi connectivity index (χ0v) is 7.86. The van der Waals surface area contributed by atoms with Crippen LogP contribution in [0.5, 0.6) is 0 Å². The highest BCUT2D eigenvalue weighted by atomic mass is 32.1. The van der Waals surface area contributed by atoms with Crippen molar-refractivity contribution in [2.24, 2.45) is 4.99 Å². The Labute approximate surface area is 85.3 Å². The minimum atomic E-state index is 0.124. The van der Waals surface area contributed by atoms with Gasteiger partial charge in [-0.2, -0.15) is 4.98 Å². The van der Waals surface area contributed by atoms with Crippen LogP contribution >= 0.6 is 12.2 Å². The lowest BCUT2D eigenvalue weighted by Crippen LogP contribution is -1.77. The summed E-state index contributed by atoms with van der Waals surface area (Å²) in [7, 11) is 0. The molecule has 0 amide bonds. The Kier molecular flexibility index (Phi) is 2.44. The Hall–Kier alpha value is -1.84. The monoisotopic (exact) mass is 203 g/mol. The van der Waals surface area contributed by atoms with Crippen molar-refractivity contribution < 1.29 is 4.52 Å². The Balaban J connectivity index is 2.39. The van der Waals surface area contributed by atoms with E-state index in [0.29, 0.717) is 5.82 Å². The van der Waals surface area contributed by atoms with Crippen LogP contribution in [0.3, 0.4) is 0 Å². The van der Waals surface area contributed by atoms with Gasteiger partial charge in [-0.05, 0) is 12.2 Å². The lowest BCUT2D eigenvalue weighted by Gasteiger charge is -1.89. The highest BCUT2D eigenvalue weighted by Gasteiger charge is 2.05. The highest BCUT2D eigenvalue weighted by Crippen LogP contribution is 2.17. The molecule has 2 aromatic rings. The van der Waals surface area contributed by atoms with Crippen molar-refractivity contribution in [3.05, 3.63) is 30.3 Å². The normalized spacial score (nSPS) is 9.43. The summed E-state index contributed by atoms with van der Waals surface area (Å²) in [6.45, 7) is 0. The maximum Gasteiger partial charge on any atom is 0.356 e. The molecule has 0 aliphatic heterocycles. The fourth-order valence-corrected chi connectivity index (χ4v) is 1.08. The van der Waals surface area contributed by atoms with Crippen molar-refractivity contribution in [3.8, 4) is 11.4 Å². The van der Waals surface area contributed by atoms with Crippen molar-refractivity contribution in [1.82, 2.24) is 10.1 Å². The van der Waals surface area contributed by atoms with Gasteiger partial charge in [-0.3, -0.25) is 0 Å². The summed E-state index contributed by atoms with van der Waals surface area (Å²) in [4.78, 5) is 7.57. The highest BCUT2D eigenvalue weighted by molar-refractivity contribution is 7.78. The Morgan fingerprint density at radius 2 is 2.07 bits per heavy atom. The van der Waals surface area contributed by atoms with E-state index >= 15 is 0 Å². The third kappa shape index (κ3) is 1.74. The zero-order chi connectivity index (χ0) is 9.80. The smallest absolute Gasteiger partial charge is 0.312 e. The van der Waals surface area contributed by atoms with Crippen LogP contribution in [0.25, 0.3) is 11.4 Å². The summed E-state index contributed by atoms with van der Waals surface area (Å²) in [5, 5.41) is 5.90. The van der Waals surface area contributed by atoms with Gasteiger partial charge in [0.25, 0.3) is 0 Å². The van der Waals surface area contributed by atoms with Crippen LogP contribution in [0.1, 0.15) is 0 Å². The summed E-state index contributed by atoms with van der Waals surface area (Å²) in [5.41, 5.74) is 0.877. The van der Waals surface area contributed by atoms with Crippen LogP contribution in [0.4, 0.5) is 6.01 Å². The molecule has 1 aromatic heterocycles. The van der Waals surface area contributed by atoms with E-state index in [9.17, 15) is 0 Å². The molecule has 0 N–H and O–H groups in total. The number of hydrogen-bond donors (Lipinski definition) is 0. The molecule has 0 fully saturated rings. The number of nitrogens with zero attached hydrogens (tertiary/aromatic N) is 3. The van der Waals surface area contributed by atoms with Gasteiger partial charge in [0.2, 0.25) is 5.82 Å². The first-order chi connectivity index (χ1) is 6.90. The molecule has 0 unspecified atom stereocenters. The number of aliphatic imine (C=N–C) groups is 1. The second-order valence-electron chi connectivity index (χ2n) is 2.47. The maximum atomic E-state index is 4.80. The van der Waals surface area contributed by atoms with Crippen molar-refractivity contribution in [3.63, 3.8) is 0 Å². The molecule has 14 heavy (non-hydrogen) atoms. The minimum absolute atomic E-state index is 0.124. The predicted octanol–water partition coefficient (Wildman–Crippen LogP) is 2.47. The fourth-order valence-electron chi connectivity index (χ4n) is 1.00. The first-order valence-electron chi connectivity index (χ1n) is 3.87. The third-order valence-electron chi connectivity index (χ3n) is 1.59. The molecular formula is C9H5N3OS. The third-order valence-corrected chi connectivity index (χ3v) is 1.68. The minimum Gasteiger partial charge on any atom is -0.312 e. The van der Waals surface area contributed by atoms with E-state index in [1.165, 1.54) is 0 Å². The molecule has 4 nitrogen and oxygen atoms in total. The summed E-state index contributed by atoms with van der Waals surface area (Å²) in [6, 6.07) is 9.60. The standard InChI is InChI=1S/C9H5N3OS/c14-6-10-9-11-8(12-13-9)7-4-2-1-3-5-7/h1-5H. The zero-order valence-electron chi connectivity index (χ0n) is 7.04. The summed E-state index contributed by atoms with van der Waals surface area (Å²) < 4.78 is 4.80. The van der Waals surface area contributed by atoms with Gasteiger partial charge < -0.3 is 4.52 Å². The molecule has 0 radical (unpaired) electrons. The number of rotatable bonds is 2. The summed E-state index contributed by atoms with van der Waals surface area (Å²) >= 11 is 4.42. The van der Waals surface area contributed by atoms with Gasteiger partial charge in [-0.15, -0.1) is 4.99 Å². The quantitative estimate of drug-likeness (QED) is 0.555. The average molecular weight is 203 g/mol. The molecule has 2 rings (SSSR count). The topological polar surface area (TPSA) is 51.3 Å². The second kappa shape index (κ2) is 3.91. The van der Waals surface area contributed by atoms with E-state index in [1.807, 2.05) is 30.3 Å². The molecule has 0 saturated heterocycles. The SMILES string of the molecule is S=C=Nc1nc(-c2ccccc2)no1. The van der Waals surface area contributed by atoms with Crippen LogP contribution < -0.4 is 0 Å². The summed E-state index contributed by atoms with van der Waals surface area (Å²) in [5.74, 6) is 0.495. The van der Waals surface area contributed by atoms with Crippen LogP contribution in [-0.4, -0.2) is 15.3 Å². The number of aromatic nitrogens is 2. The lowest BCUT2D eigenvalue weighted by atomic mass is 10.2. The molecule has 1 aromatic carbocycles. The molecular weight excluding hydrogens is 198 g/mol. The Morgan fingerprint density at radius 3 is 2.79 bits per heavy atom. The number of thiocarbonyl (C=S) groups is 1. The van der Waals surface area contributed by atoms with Crippen LogP contribution in [0, 0.1) is 0 Å². The van der Waals surface area contributed by atoms with Crippen molar-refractivity contribution in [2.45, 2.75) is 0 Å². The van der Waals surface area contributed by atoms with Gasteiger partial charge >= 0.3 is 6.01 Å². The van der Waals surface area contributed by atoms with Crippen molar-refractivity contribution in [1.29, 1.82) is 0 Å². The van der Waals surface area contributed by atoms with Crippen LogP contribution in [-0.2, 0) is 0 Å². The molecule has 68 valence electrons. The number of isothiocyanates is 1. The van der Waals surface area contributed by atoms with Gasteiger partial charge in [-0.25, -0.2) is 0 Å². The van der Waals surface area contributed by atoms with Crippen LogP contribution in [0.2, 0.25) is 0 Å². The first kappa shape index (κ1) is 8.74. The molecule has 0 aliphatic carbocycles. The summed E-state index contributed by atoms with van der Waals surface area (Å²) in [6.07, 6.45) is 0. The number of benzene rings is 1. The Morgan fingerprint density at radius 1 is 1.29 bits per heavy atom. The molecule has 0 spiro atoms. The fraction of sp³-hybridized carbons (Fsp3) is 0. The largest absolute Gasteiger partial charge is 0.356 e. The van der Waals surface area contributed by atoms with Crippen molar-refractivity contribution >= 4 is 23.4 Å². The Bertz CT molecular complexity index is 474. The lowest BCUT2D eigenvalue weighted by molar-refractivity contribution is 0.430. The van der Waals surface area contributed by atoms with E-state index in [4.69, 9.17) is 4.52 Å². The van der Waals surface area contributed by atoms with E-state index in [2.05, 4.69) is 32.5 Å². The van der Waals surface area contributed by atoms with Gasteiger partial charge in [0.05, 0.1) is 5.16 Å². The maximum absolute atomic E-state index is 4.80. The second-order valence-corrected chi connectivity index (χ2v) is 2.65. The van der Waals surface area contributed by atoms with E-state index in [-0.39, 0.29) is 6.01 Å². The molecule has 0 aliphatic rings. The van der Waals surface area contributed by atoms with Gasteiger partial charge in [0.1, 0.15) is 0 Å². The average Bonchev–Trinajstić information content (AvgIpc) is 2.68. The molecule has 0 bridgehead atoms. The first-order valence-corrected chi connectivity index (χ1v) is 4.28.